The van der Waals surface area contributed by atoms with E-state index >= 15 is 0 Å². The smallest absolute Gasteiger partial charge is 0.118 e. The van der Waals surface area contributed by atoms with Gasteiger partial charge in [0, 0.05) is 13.1 Å². The van der Waals surface area contributed by atoms with E-state index in [4.69, 9.17) is 4.74 Å². The molecular weight excluding hydrogens is 234 g/mol. The van der Waals surface area contributed by atoms with E-state index in [1.807, 2.05) is 12.1 Å². The van der Waals surface area contributed by atoms with Gasteiger partial charge in [0.2, 0.25) is 0 Å². The molecule has 0 aromatic heterocycles. The Morgan fingerprint density at radius 2 is 2.00 bits per heavy atom. The van der Waals surface area contributed by atoms with Gasteiger partial charge < -0.3 is 4.74 Å². The van der Waals surface area contributed by atoms with Crippen molar-refractivity contribution in [3.05, 3.63) is 42.8 Å². The van der Waals surface area contributed by atoms with Gasteiger partial charge in [0.15, 0.2) is 0 Å². The molecule has 103 valence electrons. The highest BCUT2D eigenvalue weighted by molar-refractivity contribution is 5.67. The Balaban J connectivity index is 1.88. The van der Waals surface area contributed by atoms with Crippen molar-refractivity contribution in [2.75, 3.05) is 26.7 Å². The van der Waals surface area contributed by atoms with Gasteiger partial charge in [-0.15, -0.1) is 0 Å². The average Bonchev–Trinajstić information content (AvgIpc) is 2.48. The molecule has 0 aliphatic carbocycles. The van der Waals surface area contributed by atoms with Crippen molar-refractivity contribution in [2.45, 2.75) is 25.7 Å². The summed E-state index contributed by atoms with van der Waals surface area (Å²) in [4.78, 5) is 2.53. The molecule has 2 heteroatoms. The zero-order chi connectivity index (χ0) is 13.5. The Kier molecular flexibility index (Phi) is 5.46. The molecule has 1 aromatic carbocycles. The van der Waals surface area contributed by atoms with Gasteiger partial charge in [0.05, 0.1) is 7.11 Å². The zero-order valence-corrected chi connectivity index (χ0v) is 11.9. The van der Waals surface area contributed by atoms with Gasteiger partial charge in [-0.25, -0.2) is 0 Å². The maximum Gasteiger partial charge on any atom is 0.118 e. The molecule has 19 heavy (non-hydrogen) atoms. The minimum absolute atomic E-state index is 0.926. The maximum atomic E-state index is 5.20. The molecule has 1 aliphatic rings. The summed E-state index contributed by atoms with van der Waals surface area (Å²) in [6.45, 7) is 7.36. The molecule has 0 saturated heterocycles. The third-order valence-corrected chi connectivity index (χ3v) is 3.73. The predicted octanol–water partition coefficient (Wildman–Crippen LogP) is 3.79. The van der Waals surface area contributed by atoms with Gasteiger partial charge in [-0.05, 0) is 42.7 Å². The minimum Gasteiger partial charge on any atom is -0.497 e. The molecule has 1 heterocycles. The van der Waals surface area contributed by atoms with Crippen LogP contribution in [0.2, 0.25) is 0 Å². The van der Waals surface area contributed by atoms with Gasteiger partial charge in [-0.3, -0.25) is 4.90 Å². The second-order valence-electron chi connectivity index (χ2n) is 5.07. The fraction of sp³-hybridized carbons (Fsp3) is 0.471. The van der Waals surface area contributed by atoms with E-state index in [-0.39, 0.29) is 0 Å². The lowest BCUT2D eigenvalue weighted by molar-refractivity contribution is 0.295. The Morgan fingerprint density at radius 1 is 1.21 bits per heavy atom. The van der Waals surface area contributed by atoms with Crippen molar-refractivity contribution < 1.29 is 4.74 Å². The topological polar surface area (TPSA) is 12.5 Å². The standard InChI is InChI=1S/C17H24NO/c1-3-4-5-12-18-13-10-16(11-14-18)15-6-8-17(19-2)9-7-15/h6-10H,1,3-5,11-14H2,2H3. The molecule has 1 aromatic rings. The number of nitrogens with zero attached hydrogens (tertiary/aromatic N) is 1. The number of benzene rings is 1. The van der Waals surface area contributed by atoms with Crippen molar-refractivity contribution in [2.24, 2.45) is 0 Å². The van der Waals surface area contributed by atoms with Gasteiger partial charge in [0.1, 0.15) is 5.75 Å². The van der Waals surface area contributed by atoms with E-state index in [0.29, 0.717) is 0 Å². The number of ether oxygens (including phenoxy) is 1. The second-order valence-corrected chi connectivity index (χ2v) is 5.07. The molecule has 0 amide bonds. The van der Waals surface area contributed by atoms with Gasteiger partial charge >= 0.3 is 0 Å². The molecule has 0 bridgehead atoms. The summed E-state index contributed by atoms with van der Waals surface area (Å²) in [5.74, 6) is 0.926. The molecule has 0 atom stereocenters. The van der Waals surface area contributed by atoms with Gasteiger partial charge in [-0.2, -0.15) is 0 Å². The summed E-state index contributed by atoms with van der Waals surface area (Å²) in [6.07, 6.45) is 7.09. The predicted molar refractivity (Wildman–Crippen MR) is 81.2 cm³/mol. The van der Waals surface area contributed by atoms with Crippen LogP contribution in [0.25, 0.3) is 5.57 Å². The van der Waals surface area contributed by atoms with Gasteiger partial charge in [-0.1, -0.05) is 38.0 Å². The fourth-order valence-electron chi connectivity index (χ4n) is 2.49. The quantitative estimate of drug-likeness (QED) is 0.720. The number of hydrogen-bond donors (Lipinski definition) is 0. The Hall–Kier alpha value is -1.28. The summed E-state index contributed by atoms with van der Waals surface area (Å²) >= 11 is 0. The highest BCUT2D eigenvalue weighted by Crippen LogP contribution is 2.24. The second kappa shape index (κ2) is 7.34. The molecule has 2 rings (SSSR count). The molecule has 2 nitrogen and oxygen atoms in total. The highest BCUT2D eigenvalue weighted by Gasteiger charge is 2.12. The molecule has 1 radical (unpaired) electrons. The summed E-state index contributed by atoms with van der Waals surface area (Å²) in [7, 11) is 1.71. The van der Waals surface area contributed by atoms with Crippen LogP contribution in [-0.2, 0) is 0 Å². The maximum absolute atomic E-state index is 5.20. The summed E-state index contributed by atoms with van der Waals surface area (Å²) in [6, 6.07) is 8.39. The first kappa shape index (κ1) is 14.1. The van der Waals surface area contributed by atoms with Crippen molar-refractivity contribution in [1.29, 1.82) is 0 Å². The molecular formula is C17H24NO. The lowest BCUT2D eigenvalue weighted by Gasteiger charge is -2.26. The first-order valence-electron chi connectivity index (χ1n) is 7.18. The van der Waals surface area contributed by atoms with E-state index < -0.39 is 0 Å². The van der Waals surface area contributed by atoms with E-state index in [9.17, 15) is 0 Å². The number of rotatable bonds is 6. The Morgan fingerprint density at radius 3 is 2.58 bits per heavy atom. The first-order valence-corrected chi connectivity index (χ1v) is 7.18. The lowest BCUT2D eigenvalue weighted by Crippen LogP contribution is -2.29. The monoisotopic (exact) mass is 258 g/mol. The van der Waals surface area contributed by atoms with Crippen LogP contribution >= 0.6 is 0 Å². The van der Waals surface area contributed by atoms with Crippen molar-refractivity contribution in [1.82, 2.24) is 4.90 Å². The van der Waals surface area contributed by atoms with Crippen LogP contribution in [0.3, 0.4) is 0 Å². The van der Waals surface area contributed by atoms with E-state index in [1.54, 1.807) is 7.11 Å². The first-order chi connectivity index (χ1) is 9.33. The largest absolute Gasteiger partial charge is 0.497 e. The number of hydrogen-bond acceptors (Lipinski definition) is 2. The fourth-order valence-corrected chi connectivity index (χ4v) is 2.49. The summed E-state index contributed by atoms with van der Waals surface area (Å²) < 4.78 is 5.20. The van der Waals surface area contributed by atoms with Gasteiger partial charge in [0.25, 0.3) is 0 Å². The third-order valence-electron chi connectivity index (χ3n) is 3.73. The normalized spacial score (nSPS) is 16.2. The lowest BCUT2D eigenvalue weighted by atomic mass is 9.99. The molecule has 0 fully saturated rings. The summed E-state index contributed by atoms with van der Waals surface area (Å²) in [5.41, 5.74) is 2.80. The average molecular weight is 258 g/mol. The van der Waals surface area contributed by atoms with Crippen LogP contribution in [0.15, 0.2) is 30.3 Å². The van der Waals surface area contributed by atoms with E-state index in [0.717, 1.165) is 25.1 Å². The van der Waals surface area contributed by atoms with Crippen molar-refractivity contribution in [3.63, 3.8) is 0 Å². The Labute approximate surface area is 117 Å². The SMILES string of the molecule is [CH2]CCCCN1CC=C(c2ccc(OC)cc2)CC1. The minimum atomic E-state index is 0.926. The molecule has 0 spiro atoms. The van der Waals surface area contributed by atoms with Crippen molar-refractivity contribution >= 4 is 5.57 Å². The van der Waals surface area contributed by atoms with Crippen LogP contribution in [0.5, 0.6) is 5.75 Å². The van der Waals surface area contributed by atoms with E-state index in [2.05, 4.69) is 30.0 Å². The zero-order valence-electron chi connectivity index (χ0n) is 11.9. The number of unbranched alkanes of at least 4 members (excludes halogenated alkanes) is 2. The number of methoxy groups -OCH3 is 1. The van der Waals surface area contributed by atoms with Crippen LogP contribution in [-0.4, -0.2) is 31.6 Å². The molecule has 1 aliphatic heterocycles. The van der Waals surface area contributed by atoms with Crippen LogP contribution in [0.4, 0.5) is 0 Å². The molecule has 0 unspecified atom stereocenters. The third kappa shape index (κ3) is 4.10. The van der Waals surface area contributed by atoms with Crippen LogP contribution in [0.1, 0.15) is 31.2 Å². The van der Waals surface area contributed by atoms with Crippen LogP contribution < -0.4 is 4.74 Å². The highest BCUT2D eigenvalue weighted by atomic mass is 16.5. The summed E-state index contributed by atoms with van der Waals surface area (Å²) in [5, 5.41) is 0. The van der Waals surface area contributed by atoms with Crippen LogP contribution in [0, 0.1) is 6.92 Å². The Bertz CT molecular complexity index is 408. The molecule has 0 N–H and O–H groups in total. The molecule has 0 saturated carbocycles. The van der Waals surface area contributed by atoms with E-state index in [1.165, 1.54) is 37.1 Å². The van der Waals surface area contributed by atoms with Crippen molar-refractivity contribution in [3.8, 4) is 5.75 Å².